The zero-order valence-electron chi connectivity index (χ0n) is 6.91. The smallest absolute Gasteiger partial charge is 0.0583 e. The zero-order valence-corrected chi connectivity index (χ0v) is 6.91. The van der Waals surface area contributed by atoms with Crippen LogP contribution < -0.4 is 0 Å². The minimum absolute atomic E-state index is 0.897. The predicted octanol–water partition coefficient (Wildman–Crippen LogP) is 2.28. The summed E-state index contributed by atoms with van der Waals surface area (Å²) < 4.78 is 0. The lowest BCUT2D eigenvalue weighted by molar-refractivity contribution is 0.511. The first-order valence-electron chi connectivity index (χ1n) is 3.58. The molecule has 0 amide bonds. The molecule has 0 saturated heterocycles. The van der Waals surface area contributed by atoms with Crippen molar-refractivity contribution in [1.82, 2.24) is 5.01 Å². The highest BCUT2D eigenvalue weighted by atomic mass is 15.4. The summed E-state index contributed by atoms with van der Waals surface area (Å²) in [5.74, 6) is 0. The Morgan fingerprint density at radius 2 is 2.27 bits per heavy atom. The molecule has 0 spiro atoms. The van der Waals surface area contributed by atoms with E-state index in [2.05, 4.69) is 11.7 Å². The van der Waals surface area contributed by atoms with Crippen molar-refractivity contribution in [2.24, 2.45) is 5.10 Å². The molecule has 0 saturated carbocycles. The second-order valence-electron chi connectivity index (χ2n) is 2.39. The van der Waals surface area contributed by atoms with Gasteiger partial charge in [0, 0.05) is 6.20 Å². The van der Waals surface area contributed by atoms with E-state index in [1.165, 1.54) is 0 Å². The van der Waals surface area contributed by atoms with Crippen LogP contribution in [0.25, 0.3) is 0 Å². The van der Waals surface area contributed by atoms with Gasteiger partial charge in [-0.1, -0.05) is 12.7 Å². The van der Waals surface area contributed by atoms with E-state index in [1.54, 1.807) is 5.01 Å². The molecule has 0 aromatic heterocycles. The average molecular weight is 148 g/mol. The summed E-state index contributed by atoms with van der Waals surface area (Å²) in [5, 5.41) is 5.99. The van der Waals surface area contributed by atoms with E-state index in [4.69, 9.17) is 0 Å². The number of hydrogen-bond donors (Lipinski definition) is 0. The highest BCUT2D eigenvalue weighted by molar-refractivity contribution is 5.93. The third-order valence-corrected chi connectivity index (χ3v) is 1.37. The van der Waals surface area contributed by atoms with Crippen molar-refractivity contribution in [1.29, 1.82) is 0 Å². The Morgan fingerprint density at radius 1 is 1.55 bits per heavy atom. The number of nitrogens with zero attached hydrogens (tertiary/aromatic N) is 2. The van der Waals surface area contributed by atoms with E-state index in [1.807, 2.05) is 38.3 Å². The van der Waals surface area contributed by atoms with Gasteiger partial charge < -0.3 is 0 Å². The largest absolute Gasteiger partial charge is 0.242 e. The molecule has 0 radical (unpaired) electrons. The second kappa shape index (κ2) is 3.19. The highest BCUT2D eigenvalue weighted by Gasteiger charge is 2.02. The topological polar surface area (TPSA) is 15.6 Å². The van der Waals surface area contributed by atoms with Gasteiger partial charge in [0.15, 0.2) is 0 Å². The van der Waals surface area contributed by atoms with Crippen LogP contribution in [0, 0.1) is 0 Å². The van der Waals surface area contributed by atoms with Crippen molar-refractivity contribution < 1.29 is 0 Å². The number of hydrogen-bond acceptors (Lipinski definition) is 2. The van der Waals surface area contributed by atoms with Crippen LogP contribution in [0.15, 0.2) is 41.8 Å². The van der Waals surface area contributed by atoms with Crippen LogP contribution in [0.5, 0.6) is 0 Å². The van der Waals surface area contributed by atoms with Gasteiger partial charge in [-0.25, -0.2) is 5.01 Å². The van der Waals surface area contributed by atoms with Gasteiger partial charge in [-0.15, -0.1) is 0 Å². The van der Waals surface area contributed by atoms with Crippen LogP contribution in [0.1, 0.15) is 13.8 Å². The van der Waals surface area contributed by atoms with Crippen molar-refractivity contribution >= 4 is 5.71 Å². The van der Waals surface area contributed by atoms with Crippen LogP contribution in [0.4, 0.5) is 0 Å². The third kappa shape index (κ3) is 1.80. The molecule has 1 heterocycles. The maximum atomic E-state index is 4.23. The Hall–Kier alpha value is -1.31. The van der Waals surface area contributed by atoms with Crippen molar-refractivity contribution in [2.45, 2.75) is 13.8 Å². The second-order valence-corrected chi connectivity index (χ2v) is 2.39. The molecule has 1 aliphatic rings. The molecule has 0 N–H and O–H groups in total. The minimum atomic E-state index is 0.897. The standard InChI is InChI=1S/C9H12N2/c1-4-7-11-9(3)6-5-8(2)10-11/h4-7H,3H2,1-2H3/b7-4-. The summed E-state index contributed by atoms with van der Waals surface area (Å²) in [5.41, 5.74) is 1.89. The van der Waals surface area contributed by atoms with Gasteiger partial charge in [-0.3, -0.25) is 0 Å². The number of rotatable bonds is 1. The quantitative estimate of drug-likeness (QED) is 0.557. The highest BCUT2D eigenvalue weighted by Crippen LogP contribution is 2.10. The Morgan fingerprint density at radius 3 is 2.91 bits per heavy atom. The molecule has 1 rings (SSSR count). The van der Waals surface area contributed by atoms with E-state index in [0.29, 0.717) is 0 Å². The first-order valence-corrected chi connectivity index (χ1v) is 3.58. The molecule has 0 aliphatic carbocycles. The zero-order chi connectivity index (χ0) is 8.27. The van der Waals surface area contributed by atoms with Crippen molar-refractivity contribution in [3.05, 3.63) is 36.7 Å². The number of hydrazone groups is 1. The first-order chi connectivity index (χ1) is 5.24. The monoisotopic (exact) mass is 148 g/mol. The SMILES string of the molecule is C=C1C=CC(C)=NN1/C=C\C. The van der Waals surface area contributed by atoms with E-state index >= 15 is 0 Å². The predicted molar refractivity (Wildman–Crippen MR) is 48.0 cm³/mol. The molecule has 58 valence electrons. The summed E-state index contributed by atoms with van der Waals surface area (Å²) in [6.45, 7) is 7.74. The Kier molecular flexibility index (Phi) is 2.26. The summed E-state index contributed by atoms with van der Waals surface area (Å²) in [4.78, 5) is 0. The first kappa shape index (κ1) is 7.79. The van der Waals surface area contributed by atoms with E-state index in [9.17, 15) is 0 Å². The van der Waals surface area contributed by atoms with Crippen LogP contribution in [-0.4, -0.2) is 10.7 Å². The van der Waals surface area contributed by atoms with Crippen LogP contribution in [0.3, 0.4) is 0 Å². The fourth-order valence-electron chi connectivity index (χ4n) is 0.831. The Balaban J connectivity index is 2.81. The van der Waals surface area contributed by atoms with Crippen molar-refractivity contribution in [3.8, 4) is 0 Å². The Bertz CT molecular complexity index is 246. The normalized spacial score (nSPS) is 17.8. The van der Waals surface area contributed by atoms with Gasteiger partial charge in [-0.05, 0) is 26.0 Å². The lowest BCUT2D eigenvalue weighted by Crippen LogP contribution is -2.12. The van der Waals surface area contributed by atoms with E-state index < -0.39 is 0 Å². The van der Waals surface area contributed by atoms with E-state index in [-0.39, 0.29) is 0 Å². The van der Waals surface area contributed by atoms with Crippen molar-refractivity contribution in [3.63, 3.8) is 0 Å². The van der Waals surface area contributed by atoms with Crippen molar-refractivity contribution in [2.75, 3.05) is 0 Å². The van der Waals surface area contributed by atoms with Gasteiger partial charge >= 0.3 is 0 Å². The number of allylic oxidation sites excluding steroid dienone is 3. The summed E-state index contributed by atoms with van der Waals surface area (Å²) in [6, 6.07) is 0. The molecule has 0 aromatic rings. The summed E-state index contributed by atoms with van der Waals surface area (Å²) >= 11 is 0. The molecule has 0 aromatic carbocycles. The molecule has 2 nitrogen and oxygen atoms in total. The molecule has 0 bridgehead atoms. The van der Waals surface area contributed by atoms with Gasteiger partial charge in [0.1, 0.15) is 0 Å². The average Bonchev–Trinajstić information content (AvgIpc) is 1.98. The van der Waals surface area contributed by atoms with Gasteiger partial charge in [-0.2, -0.15) is 5.10 Å². The van der Waals surface area contributed by atoms with Crippen LogP contribution in [-0.2, 0) is 0 Å². The fourth-order valence-corrected chi connectivity index (χ4v) is 0.831. The fraction of sp³-hybridized carbons (Fsp3) is 0.222. The maximum Gasteiger partial charge on any atom is 0.0583 e. The molecular weight excluding hydrogens is 136 g/mol. The Labute approximate surface area is 67.2 Å². The maximum absolute atomic E-state index is 4.23. The summed E-state index contributed by atoms with van der Waals surface area (Å²) in [7, 11) is 0. The molecule has 1 aliphatic heterocycles. The molecule has 2 heteroatoms. The summed E-state index contributed by atoms with van der Waals surface area (Å²) in [6.07, 6.45) is 7.71. The molecule has 0 atom stereocenters. The third-order valence-electron chi connectivity index (χ3n) is 1.37. The van der Waals surface area contributed by atoms with Gasteiger partial charge in [0.2, 0.25) is 0 Å². The minimum Gasteiger partial charge on any atom is -0.242 e. The van der Waals surface area contributed by atoms with Gasteiger partial charge in [0.05, 0.1) is 11.4 Å². The molecular formula is C9H12N2. The molecule has 0 unspecified atom stereocenters. The van der Waals surface area contributed by atoms with E-state index in [0.717, 1.165) is 11.4 Å². The van der Waals surface area contributed by atoms with Crippen LogP contribution >= 0.6 is 0 Å². The molecule has 0 fully saturated rings. The van der Waals surface area contributed by atoms with Crippen LogP contribution in [0.2, 0.25) is 0 Å². The van der Waals surface area contributed by atoms with Gasteiger partial charge in [0.25, 0.3) is 0 Å². The lowest BCUT2D eigenvalue weighted by atomic mass is 10.3. The lowest BCUT2D eigenvalue weighted by Gasteiger charge is -2.17. The molecule has 11 heavy (non-hydrogen) atoms.